The van der Waals surface area contributed by atoms with Crippen LogP contribution in [0.4, 0.5) is 0 Å². The van der Waals surface area contributed by atoms with Crippen molar-refractivity contribution < 1.29 is 14.3 Å². The lowest BCUT2D eigenvalue weighted by atomic mass is 10.1. The molecule has 1 unspecified atom stereocenters. The van der Waals surface area contributed by atoms with Gasteiger partial charge in [0.05, 0.1) is 19.3 Å². The van der Waals surface area contributed by atoms with Gasteiger partial charge in [-0.3, -0.25) is 4.79 Å². The third-order valence-corrected chi connectivity index (χ3v) is 2.96. The van der Waals surface area contributed by atoms with Gasteiger partial charge in [0.15, 0.2) is 6.29 Å². The Balaban J connectivity index is 1.88. The molecule has 1 heterocycles. The van der Waals surface area contributed by atoms with Gasteiger partial charge in [-0.1, -0.05) is 25.1 Å². The van der Waals surface area contributed by atoms with Crippen molar-refractivity contribution in [2.24, 2.45) is 0 Å². The molecule has 18 heavy (non-hydrogen) atoms. The number of hydrogen-bond donors (Lipinski definition) is 1. The summed E-state index contributed by atoms with van der Waals surface area (Å²) in [6, 6.07) is 9.24. The maximum Gasteiger partial charge on any atom is 0.251 e. The van der Waals surface area contributed by atoms with Crippen LogP contribution in [0.5, 0.6) is 0 Å². The Kier molecular flexibility index (Phi) is 4.73. The Morgan fingerprint density at radius 1 is 1.33 bits per heavy atom. The van der Waals surface area contributed by atoms with E-state index in [4.69, 9.17) is 9.47 Å². The summed E-state index contributed by atoms with van der Waals surface area (Å²) in [5.74, 6) is -0.0563. The number of benzene rings is 1. The highest BCUT2D eigenvalue weighted by atomic mass is 16.7. The number of carbonyl (C=O) groups is 1. The minimum absolute atomic E-state index is 0.0225. The lowest BCUT2D eigenvalue weighted by Gasteiger charge is -2.16. The summed E-state index contributed by atoms with van der Waals surface area (Å²) in [4.78, 5) is 12.0. The van der Waals surface area contributed by atoms with Crippen molar-refractivity contribution in [3.05, 3.63) is 35.9 Å². The second-order valence-corrected chi connectivity index (χ2v) is 4.37. The Morgan fingerprint density at radius 3 is 2.83 bits per heavy atom. The zero-order valence-corrected chi connectivity index (χ0v) is 10.6. The smallest absolute Gasteiger partial charge is 0.251 e. The van der Waals surface area contributed by atoms with E-state index in [0.29, 0.717) is 18.8 Å². The molecule has 4 heteroatoms. The zero-order valence-electron chi connectivity index (χ0n) is 10.6. The summed E-state index contributed by atoms with van der Waals surface area (Å²) >= 11 is 0. The molecule has 98 valence electrons. The van der Waals surface area contributed by atoms with Crippen molar-refractivity contribution in [3.63, 3.8) is 0 Å². The highest BCUT2D eigenvalue weighted by molar-refractivity contribution is 5.94. The molecular formula is C14H19NO3. The topological polar surface area (TPSA) is 47.6 Å². The molecule has 1 aliphatic rings. The second-order valence-electron chi connectivity index (χ2n) is 4.37. The summed E-state index contributed by atoms with van der Waals surface area (Å²) in [5, 5.41) is 2.98. The minimum atomic E-state index is -0.136. The monoisotopic (exact) mass is 249 g/mol. The summed E-state index contributed by atoms with van der Waals surface area (Å²) in [5.41, 5.74) is 0.676. The maximum atomic E-state index is 12.0. The van der Waals surface area contributed by atoms with Crippen LogP contribution in [0.1, 0.15) is 30.1 Å². The van der Waals surface area contributed by atoms with E-state index in [2.05, 4.69) is 5.32 Å². The second kappa shape index (κ2) is 6.52. The van der Waals surface area contributed by atoms with E-state index in [-0.39, 0.29) is 18.2 Å². The van der Waals surface area contributed by atoms with Crippen LogP contribution in [0, 0.1) is 0 Å². The maximum absolute atomic E-state index is 12.0. The SMILES string of the molecule is CCC1OCC[C@@H](NC(=O)c2ccccc2)CO1. The fourth-order valence-corrected chi connectivity index (χ4v) is 1.90. The molecule has 1 aliphatic heterocycles. The lowest BCUT2D eigenvalue weighted by molar-refractivity contribution is -0.128. The molecule has 1 N–H and O–H groups in total. The molecule has 0 aliphatic carbocycles. The normalized spacial score (nSPS) is 24.3. The minimum Gasteiger partial charge on any atom is -0.353 e. The van der Waals surface area contributed by atoms with Crippen LogP contribution in [0.2, 0.25) is 0 Å². The molecule has 0 aromatic heterocycles. The van der Waals surface area contributed by atoms with Crippen molar-refractivity contribution in [1.29, 1.82) is 0 Å². The average molecular weight is 249 g/mol. The Labute approximate surface area is 107 Å². The van der Waals surface area contributed by atoms with Gasteiger partial charge in [0, 0.05) is 5.56 Å². The fraction of sp³-hybridized carbons (Fsp3) is 0.500. The van der Waals surface area contributed by atoms with Crippen molar-refractivity contribution in [2.75, 3.05) is 13.2 Å². The highest BCUT2D eigenvalue weighted by Crippen LogP contribution is 2.10. The summed E-state index contributed by atoms with van der Waals surface area (Å²) in [6.45, 7) is 3.16. The molecule has 0 bridgehead atoms. The van der Waals surface area contributed by atoms with E-state index in [0.717, 1.165) is 12.8 Å². The highest BCUT2D eigenvalue weighted by Gasteiger charge is 2.20. The molecule has 0 radical (unpaired) electrons. The van der Waals surface area contributed by atoms with Crippen molar-refractivity contribution >= 4 is 5.91 Å². The average Bonchev–Trinajstić information content (AvgIpc) is 2.65. The zero-order chi connectivity index (χ0) is 12.8. The van der Waals surface area contributed by atoms with E-state index in [1.54, 1.807) is 12.1 Å². The van der Waals surface area contributed by atoms with E-state index in [9.17, 15) is 4.79 Å². The van der Waals surface area contributed by atoms with Gasteiger partial charge >= 0.3 is 0 Å². The van der Waals surface area contributed by atoms with Crippen LogP contribution in [0.15, 0.2) is 30.3 Å². The first kappa shape index (κ1) is 13.1. The first-order chi connectivity index (χ1) is 8.79. The number of carbonyl (C=O) groups excluding carboxylic acids is 1. The molecule has 0 spiro atoms. The summed E-state index contributed by atoms with van der Waals surface area (Å²) in [7, 11) is 0. The van der Waals surface area contributed by atoms with Crippen molar-refractivity contribution in [2.45, 2.75) is 32.1 Å². The van der Waals surface area contributed by atoms with Crippen LogP contribution in [-0.2, 0) is 9.47 Å². The molecule has 1 aromatic carbocycles. The molecule has 1 fully saturated rings. The standard InChI is InChI=1S/C14H19NO3/c1-2-13-17-9-8-12(10-18-13)15-14(16)11-6-4-3-5-7-11/h3-7,12-13H,2,8-10H2,1H3,(H,15,16)/t12-,13?/m1/s1. The number of rotatable bonds is 3. The quantitative estimate of drug-likeness (QED) is 0.890. The van der Waals surface area contributed by atoms with Gasteiger partial charge in [-0.05, 0) is 25.0 Å². The Morgan fingerprint density at radius 2 is 2.11 bits per heavy atom. The van der Waals surface area contributed by atoms with Crippen LogP contribution >= 0.6 is 0 Å². The van der Waals surface area contributed by atoms with Gasteiger partial charge in [-0.2, -0.15) is 0 Å². The van der Waals surface area contributed by atoms with Crippen molar-refractivity contribution in [1.82, 2.24) is 5.32 Å². The largest absolute Gasteiger partial charge is 0.353 e. The van der Waals surface area contributed by atoms with E-state index in [1.165, 1.54) is 0 Å². The molecule has 1 saturated heterocycles. The van der Waals surface area contributed by atoms with Crippen LogP contribution in [0.25, 0.3) is 0 Å². The van der Waals surface area contributed by atoms with Crippen LogP contribution in [-0.4, -0.2) is 31.5 Å². The van der Waals surface area contributed by atoms with Gasteiger partial charge in [-0.15, -0.1) is 0 Å². The molecule has 1 amide bonds. The molecule has 2 rings (SSSR count). The Hall–Kier alpha value is -1.39. The van der Waals surface area contributed by atoms with Gasteiger partial charge in [0.2, 0.25) is 0 Å². The van der Waals surface area contributed by atoms with Gasteiger partial charge in [0.25, 0.3) is 5.91 Å². The molecular weight excluding hydrogens is 230 g/mol. The predicted octanol–water partition coefficient (Wildman–Crippen LogP) is 1.96. The molecule has 4 nitrogen and oxygen atoms in total. The molecule has 1 aromatic rings. The van der Waals surface area contributed by atoms with Gasteiger partial charge in [-0.25, -0.2) is 0 Å². The summed E-state index contributed by atoms with van der Waals surface area (Å²) in [6.07, 6.45) is 1.48. The molecule has 2 atom stereocenters. The number of nitrogens with one attached hydrogen (secondary N) is 1. The van der Waals surface area contributed by atoms with Crippen LogP contribution in [0.3, 0.4) is 0 Å². The van der Waals surface area contributed by atoms with E-state index < -0.39 is 0 Å². The third-order valence-electron chi connectivity index (χ3n) is 2.96. The summed E-state index contributed by atoms with van der Waals surface area (Å²) < 4.78 is 11.1. The third kappa shape index (κ3) is 3.55. The first-order valence-electron chi connectivity index (χ1n) is 6.38. The van der Waals surface area contributed by atoms with Gasteiger partial charge < -0.3 is 14.8 Å². The number of hydrogen-bond acceptors (Lipinski definition) is 3. The predicted molar refractivity (Wildman–Crippen MR) is 68.3 cm³/mol. The Bertz CT molecular complexity index is 380. The lowest BCUT2D eigenvalue weighted by Crippen LogP contribution is -2.38. The van der Waals surface area contributed by atoms with Crippen molar-refractivity contribution in [3.8, 4) is 0 Å². The number of amides is 1. The first-order valence-corrected chi connectivity index (χ1v) is 6.38. The number of ether oxygens (including phenoxy) is 2. The van der Waals surface area contributed by atoms with Crippen LogP contribution < -0.4 is 5.32 Å². The fourth-order valence-electron chi connectivity index (χ4n) is 1.90. The van der Waals surface area contributed by atoms with Gasteiger partial charge in [0.1, 0.15) is 0 Å². The molecule has 0 saturated carbocycles. The van der Waals surface area contributed by atoms with E-state index >= 15 is 0 Å². The van der Waals surface area contributed by atoms with E-state index in [1.807, 2.05) is 25.1 Å².